The number of rotatable bonds is 6. The lowest BCUT2D eigenvalue weighted by Crippen LogP contribution is -2.29. The fourth-order valence-electron chi connectivity index (χ4n) is 4.55. The number of hydrogen-bond acceptors (Lipinski definition) is 6. The zero-order chi connectivity index (χ0) is 26.0. The molecule has 5 nitrogen and oxygen atoms in total. The first kappa shape index (κ1) is 25.4. The van der Waals surface area contributed by atoms with E-state index in [1.807, 2.05) is 37.3 Å². The number of nitrogens with zero attached hydrogens (tertiary/aromatic N) is 4. The molecule has 1 unspecified atom stereocenters. The number of hydrogen-bond donors (Lipinski definition) is 1. The summed E-state index contributed by atoms with van der Waals surface area (Å²) in [5, 5.41) is 4.28. The van der Waals surface area contributed by atoms with Crippen molar-refractivity contribution in [3.05, 3.63) is 83.0 Å². The smallest absolute Gasteiger partial charge is 0.348 e. The molecule has 2 aromatic carbocycles. The Bertz CT molecular complexity index is 1350. The van der Waals surface area contributed by atoms with E-state index >= 15 is 0 Å². The average Bonchev–Trinajstić information content (AvgIpc) is 3.35. The van der Waals surface area contributed by atoms with Crippen LogP contribution in [0.25, 0.3) is 21.8 Å². The van der Waals surface area contributed by atoms with Gasteiger partial charge in [0.1, 0.15) is 0 Å². The van der Waals surface area contributed by atoms with E-state index in [2.05, 4.69) is 22.2 Å². The van der Waals surface area contributed by atoms with Gasteiger partial charge in [-0.1, -0.05) is 42.5 Å². The van der Waals surface area contributed by atoms with E-state index in [0.29, 0.717) is 22.9 Å². The Labute approximate surface area is 218 Å². The van der Waals surface area contributed by atoms with Crippen molar-refractivity contribution in [2.45, 2.75) is 37.9 Å². The van der Waals surface area contributed by atoms with Crippen molar-refractivity contribution in [2.75, 3.05) is 25.5 Å². The van der Waals surface area contributed by atoms with Gasteiger partial charge in [-0.2, -0.15) is 13.2 Å². The van der Waals surface area contributed by atoms with E-state index in [1.54, 1.807) is 18.3 Å². The minimum Gasteiger partial charge on any atom is -0.348 e. The summed E-state index contributed by atoms with van der Waals surface area (Å²) >= 11 is 1.52. The molecule has 4 aromatic rings. The normalized spacial score (nSPS) is 16.0. The predicted molar refractivity (Wildman–Crippen MR) is 142 cm³/mol. The number of likely N-dealkylation sites (tertiary alicyclic amines) is 1. The molecule has 0 radical (unpaired) electrons. The zero-order valence-electron chi connectivity index (χ0n) is 20.7. The summed E-state index contributed by atoms with van der Waals surface area (Å²) in [6, 6.07) is 17.2. The molecule has 5 rings (SSSR count). The van der Waals surface area contributed by atoms with E-state index < -0.39 is 11.7 Å². The molecule has 1 saturated heterocycles. The second kappa shape index (κ2) is 10.6. The fraction of sp³-hybridized carbons (Fsp3) is 0.321. The standard InChI is InChI=1S/C28H28F3N5S/c1-18(19-7-4-3-5-8-19)33-27-32-14-11-23(34-27)25-24(21-9-6-10-22(17-21)28(29,30)31)35-26(37-25)20-12-15-36(2)16-13-20/h3-11,14,17-18,20H,12-13,15-16H2,1-2H3,(H,32,33,34). The lowest BCUT2D eigenvalue weighted by atomic mass is 9.98. The van der Waals surface area contributed by atoms with Gasteiger partial charge in [-0.3, -0.25) is 0 Å². The van der Waals surface area contributed by atoms with Gasteiger partial charge in [0, 0.05) is 17.7 Å². The number of benzene rings is 2. The molecule has 2 aromatic heterocycles. The third-order valence-electron chi connectivity index (χ3n) is 6.71. The Balaban J connectivity index is 1.53. The molecule has 0 bridgehead atoms. The summed E-state index contributed by atoms with van der Waals surface area (Å²) < 4.78 is 40.5. The van der Waals surface area contributed by atoms with Crippen molar-refractivity contribution in [3.63, 3.8) is 0 Å². The third-order valence-corrected chi connectivity index (χ3v) is 7.95. The SMILES string of the molecule is CC(Nc1nccc(-c2sc(C3CCN(C)CC3)nc2-c2cccc(C(F)(F)F)c2)n1)c1ccccc1. The van der Waals surface area contributed by atoms with Crippen LogP contribution in [-0.4, -0.2) is 40.0 Å². The fourth-order valence-corrected chi connectivity index (χ4v) is 5.78. The van der Waals surface area contributed by atoms with Crippen molar-refractivity contribution in [1.82, 2.24) is 19.9 Å². The van der Waals surface area contributed by atoms with Gasteiger partial charge in [0.25, 0.3) is 0 Å². The van der Waals surface area contributed by atoms with Crippen molar-refractivity contribution in [1.29, 1.82) is 0 Å². The largest absolute Gasteiger partial charge is 0.416 e. The van der Waals surface area contributed by atoms with Gasteiger partial charge >= 0.3 is 6.18 Å². The summed E-state index contributed by atoms with van der Waals surface area (Å²) in [5.74, 6) is 0.732. The number of aromatic nitrogens is 3. The summed E-state index contributed by atoms with van der Waals surface area (Å²) in [4.78, 5) is 17.1. The number of halogens is 3. The van der Waals surface area contributed by atoms with E-state index in [-0.39, 0.29) is 12.0 Å². The number of alkyl halides is 3. The molecule has 1 fully saturated rings. The number of piperidine rings is 1. The molecule has 1 aliphatic rings. The van der Waals surface area contributed by atoms with E-state index in [9.17, 15) is 13.2 Å². The minimum atomic E-state index is -4.43. The first-order chi connectivity index (χ1) is 17.8. The molecule has 1 aliphatic heterocycles. The number of anilines is 1. The van der Waals surface area contributed by atoms with Gasteiger partial charge in [-0.15, -0.1) is 11.3 Å². The highest BCUT2D eigenvalue weighted by molar-refractivity contribution is 7.15. The van der Waals surface area contributed by atoms with Gasteiger partial charge in [0.05, 0.1) is 32.9 Å². The number of nitrogens with one attached hydrogen (secondary N) is 1. The monoisotopic (exact) mass is 523 g/mol. The third kappa shape index (κ3) is 5.83. The number of thiazole rings is 1. The van der Waals surface area contributed by atoms with Gasteiger partial charge in [0.15, 0.2) is 0 Å². The Hall–Kier alpha value is -3.30. The Morgan fingerprint density at radius 3 is 2.49 bits per heavy atom. The van der Waals surface area contributed by atoms with Crippen LogP contribution in [0.15, 0.2) is 66.9 Å². The average molecular weight is 524 g/mol. The van der Waals surface area contributed by atoms with Gasteiger partial charge in [-0.25, -0.2) is 15.0 Å². The van der Waals surface area contributed by atoms with Crippen LogP contribution < -0.4 is 5.32 Å². The molecule has 1 N–H and O–H groups in total. The van der Waals surface area contributed by atoms with Crippen LogP contribution in [-0.2, 0) is 6.18 Å². The van der Waals surface area contributed by atoms with Crippen LogP contribution in [0.2, 0.25) is 0 Å². The highest BCUT2D eigenvalue weighted by Crippen LogP contribution is 2.42. The topological polar surface area (TPSA) is 53.9 Å². The van der Waals surface area contributed by atoms with Gasteiger partial charge < -0.3 is 10.2 Å². The quantitative estimate of drug-likeness (QED) is 0.288. The zero-order valence-corrected chi connectivity index (χ0v) is 21.5. The second-order valence-corrected chi connectivity index (χ2v) is 10.5. The summed E-state index contributed by atoms with van der Waals surface area (Å²) in [6.07, 6.45) is -0.816. The summed E-state index contributed by atoms with van der Waals surface area (Å²) in [5.41, 5.74) is 2.02. The first-order valence-corrected chi connectivity index (χ1v) is 13.1. The van der Waals surface area contributed by atoms with Crippen molar-refractivity contribution < 1.29 is 13.2 Å². The molecule has 3 heterocycles. The highest BCUT2D eigenvalue weighted by atomic mass is 32.1. The van der Waals surface area contributed by atoms with Crippen molar-refractivity contribution in [2.24, 2.45) is 0 Å². The first-order valence-electron chi connectivity index (χ1n) is 12.3. The molecule has 9 heteroatoms. The molecule has 0 spiro atoms. The molecule has 0 aliphatic carbocycles. The highest BCUT2D eigenvalue weighted by Gasteiger charge is 2.31. The van der Waals surface area contributed by atoms with E-state index in [0.717, 1.165) is 47.4 Å². The second-order valence-electron chi connectivity index (χ2n) is 9.43. The Morgan fingerprint density at radius 2 is 1.76 bits per heavy atom. The van der Waals surface area contributed by atoms with Crippen LogP contribution in [0.5, 0.6) is 0 Å². The van der Waals surface area contributed by atoms with Crippen LogP contribution in [0.1, 0.15) is 47.9 Å². The Kier molecular flexibility index (Phi) is 7.26. The van der Waals surface area contributed by atoms with Crippen LogP contribution in [0.3, 0.4) is 0 Å². The molecule has 192 valence electrons. The maximum atomic E-state index is 13.5. The maximum Gasteiger partial charge on any atom is 0.416 e. The molecular weight excluding hydrogens is 495 g/mol. The Morgan fingerprint density at radius 1 is 1.00 bits per heavy atom. The van der Waals surface area contributed by atoms with E-state index in [1.165, 1.54) is 23.5 Å². The van der Waals surface area contributed by atoms with Gasteiger partial charge in [-0.05, 0) is 63.7 Å². The van der Waals surface area contributed by atoms with Gasteiger partial charge in [0.2, 0.25) is 5.95 Å². The maximum absolute atomic E-state index is 13.5. The predicted octanol–water partition coefficient (Wildman–Crippen LogP) is 7.27. The van der Waals surface area contributed by atoms with Crippen molar-refractivity contribution in [3.8, 4) is 21.8 Å². The van der Waals surface area contributed by atoms with Crippen molar-refractivity contribution >= 4 is 17.3 Å². The van der Waals surface area contributed by atoms with E-state index in [4.69, 9.17) is 9.97 Å². The minimum absolute atomic E-state index is 0.0179. The lowest BCUT2D eigenvalue weighted by molar-refractivity contribution is -0.137. The van der Waals surface area contributed by atoms with Crippen LogP contribution >= 0.6 is 11.3 Å². The summed E-state index contributed by atoms with van der Waals surface area (Å²) in [6.45, 7) is 3.97. The molecular formula is C28H28F3N5S. The molecule has 0 amide bonds. The summed E-state index contributed by atoms with van der Waals surface area (Å²) in [7, 11) is 2.10. The molecule has 1 atom stereocenters. The molecule has 37 heavy (non-hydrogen) atoms. The molecule has 0 saturated carbocycles. The van der Waals surface area contributed by atoms with Crippen LogP contribution in [0.4, 0.5) is 19.1 Å². The van der Waals surface area contributed by atoms with Crippen LogP contribution in [0, 0.1) is 0 Å². The lowest BCUT2D eigenvalue weighted by Gasteiger charge is -2.27.